The second-order valence-corrected chi connectivity index (χ2v) is 9.68. The molecule has 0 heterocycles. The predicted octanol–water partition coefficient (Wildman–Crippen LogP) is 0.752. The topological polar surface area (TPSA) is 115 Å². The lowest BCUT2D eigenvalue weighted by molar-refractivity contribution is -0.193. The molecule has 4 N–H and O–H groups in total. The van der Waals surface area contributed by atoms with E-state index in [2.05, 4.69) is 6.92 Å². The molecule has 0 aromatic heterocycles. The minimum atomic E-state index is -2.03. The highest BCUT2D eigenvalue weighted by Crippen LogP contribution is 2.67. The van der Waals surface area contributed by atoms with Crippen molar-refractivity contribution in [3.05, 3.63) is 11.6 Å². The molecule has 4 aliphatic carbocycles. The van der Waals surface area contributed by atoms with Crippen molar-refractivity contribution < 1.29 is 30.0 Å². The Morgan fingerprint density at radius 1 is 1.26 bits per heavy atom. The molecule has 6 heteroatoms. The minimum Gasteiger partial charge on any atom is -0.393 e. The monoisotopic (exact) mass is 378 g/mol. The number of rotatable bonds is 2. The molecule has 150 valence electrons. The average molecular weight is 378 g/mol. The summed E-state index contributed by atoms with van der Waals surface area (Å²) in [7, 11) is 0. The van der Waals surface area contributed by atoms with Gasteiger partial charge in [0.15, 0.2) is 17.2 Å². The van der Waals surface area contributed by atoms with E-state index < -0.39 is 35.6 Å². The number of carbonyl (C=O) groups is 2. The molecule has 0 amide bonds. The Morgan fingerprint density at radius 2 is 1.96 bits per heavy atom. The third kappa shape index (κ3) is 2.27. The van der Waals surface area contributed by atoms with Crippen molar-refractivity contribution in [2.24, 2.45) is 28.6 Å². The summed E-state index contributed by atoms with van der Waals surface area (Å²) in [6, 6.07) is 0. The highest BCUT2D eigenvalue weighted by molar-refractivity contribution is 5.92. The van der Waals surface area contributed by atoms with Crippen LogP contribution in [0.3, 0.4) is 0 Å². The van der Waals surface area contributed by atoms with Gasteiger partial charge in [-0.3, -0.25) is 9.59 Å². The Hall–Kier alpha value is -1.08. The molecule has 6 nitrogen and oxygen atoms in total. The van der Waals surface area contributed by atoms with Crippen LogP contribution < -0.4 is 0 Å². The van der Waals surface area contributed by atoms with Crippen LogP contribution in [0.4, 0.5) is 0 Å². The summed E-state index contributed by atoms with van der Waals surface area (Å²) >= 11 is 0. The van der Waals surface area contributed by atoms with Gasteiger partial charge in [0.2, 0.25) is 0 Å². The van der Waals surface area contributed by atoms with Gasteiger partial charge in [-0.2, -0.15) is 0 Å². The molecule has 27 heavy (non-hydrogen) atoms. The quantitative estimate of drug-likeness (QED) is 0.564. The Bertz CT molecular complexity index is 715. The standard InChI is InChI=1S/C21H30O6/c1-19-6-5-12(23)7-11(19)3-4-13-14-8-16(25)21(27,17(26)10-22)20(14,2)9-15(24)18(13)19/h7,13-16,18,22,24-25,27H,3-6,8-10H2,1-2H3/t13-,14-,15-,16+,18+,19-,20-,21-/m0/s1. The van der Waals surface area contributed by atoms with Crippen LogP contribution >= 0.6 is 0 Å². The number of carbonyl (C=O) groups excluding carboxylic acids is 2. The predicted molar refractivity (Wildman–Crippen MR) is 96.5 cm³/mol. The molecule has 4 aliphatic rings. The third-order valence-corrected chi connectivity index (χ3v) is 8.69. The molecular formula is C21H30O6. The molecule has 0 spiro atoms. The molecule has 0 aromatic carbocycles. The van der Waals surface area contributed by atoms with Gasteiger partial charge in [-0.05, 0) is 61.3 Å². The molecular weight excluding hydrogens is 348 g/mol. The zero-order valence-corrected chi connectivity index (χ0v) is 16.0. The number of aliphatic hydroxyl groups excluding tert-OH is 3. The zero-order chi connectivity index (χ0) is 19.8. The van der Waals surface area contributed by atoms with Gasteiger partial charge >= 0.3 is 0 Å². The lowest BCUT2D eigenvalue weighted by Crippen LogP contribution is -2.64. The lowest BCUT2D eigenvalue weighted by Gasteiger charge is -2.60. The van der Waals surface area contributed by atoms with E-state index in [0.717, 1.165) is 18.4 Å². The summed E-state index contributed by atoms with van der Waals surface area (Å²) in [5.74, 6) is -0.726. The first-order valence-electron chi connectivity index (χ1n) is 10.1. The number of ketones is 2. The minimum absolute atomic E-state index is 0.0533. The van der Waals surface area contributed by atoms with E-state index in [4.69, 9.17) is 0 Å². The van der Waals surface area contributed by atoms with Crippen LogP contribution in [0.15, 0.2) is 11.6 Å². The first-order chi connectivity index (χ1) is 12.6. The number of Topliss-reactive ketones (excluding diaryl/α,β-unsaturated/α-hetero) is 1. The van der Waals surface area contributed by atoms with Crippen LogP contribution in [0.25, 0.3) is 0 Å². The summed E-state index contributed by atoms with van der Waals surface area (Å²) in [5.41, 5.74) is -2.15. The fraction of sp³-hybridized carbons (Fsp3) is 0.810. The Morgan fingerprint density at radius 3 is 2.63 bits per heavy atom. The largest absolute Gasteiger partial charge is 0.393 e. The van der Waals surface area contributed by atoms with Crippen LogP contribution in [-0.4, -0.2) is 56.4 Å². The Kier molecular flexibility index (Phi) is 4.25. The highest BCUT2D eigenvalue weighted by Gasteiger charge is 2.71. The van der Waals surface area contributed by atoms with Crippen molar-refractivity contribution in [1.82, 2.24) is 0 Å². The molecule has 0 radical (unpaired) electrons. The van der Waals surface area contributed by atoms with Gasteiger partial charge in [0.1, 0.15) is 6.61 Å². The van der Waals surface area contributed by atoms with Gasteiger partial charge in [0, 0.05) is 11.8 Å². The molecule has 0 saturated heterocycles. The summed E-state index contributed by atoms with van der Waals surface area (Å²) in [4.78, 5) is 24.3. The van der Waals surface area contributed by atoms with Crippen LogP contribution in [0.2, 0.25) is 0 Å². The fourth-order valence-electron chi connectivity index (χ4n) is 7.32. The second kappa shape index (κ2) is 5.96. The molecule has 3 saturated carbocycles. The van der Waals surface area contributed by atoms with E-state index in [0.29, 0.717) is 19.3 Å². The van der Waals surface area contributed by atoms with Crippen molar-refractivity contribution in [1.29, 1.82) is 0 Å². The average Bonchev–Trinajstić information content (AvgIpc) is 2.82. The number of hydrogen-bond donors (Lipinski definition) is 4. The number of fused-ring (bicyclic) bond motifs is 5. The Balaban J connectivity index is 1.77. The van der Waals surface area contributed by atoms with Gasteiger partial charge in [-0.1, -0.05) is 19.4 Å². The van der Waals surface area contributed by atoms with Gasteiger partial charge in [-0.25, -0.2) is 0 Å². The van der Waals surface area contributed by atoms with Crippen molar-refractivity contribution >= 4 is 11.6 Å². The van der Waals surface area contributed by atoms with Crippen LogP contribution in [0.5, 0.6) is 0 Å². The fourth-order valence-corrected chi connectivity index (χ4v) is 7.32. The molecule has 0 unspecified atom stereocenters. The first kappa shape index (κ1) is 19.2. The second-order valence-electron chi connectivity index (χ2n) is 9.68. The summed E-state index contributed by atoms with van der Waals surface area (Å²) < 4.78 is 0. The van der Waals surface area contributed by atoms with Gasteiger partial charge in [0.25, 0.3) is 0 Å². The normalized spacial score (nSPS) is 51.9. The zero-order valence-electron chi connectivity index (χ0n) is 16.0. The third-order valence-electron chi connectivity index (χ3n) is 8.69. The van der Waals surface area contributed by atoms with E-state index in [1.807, 2.05) is 0 Å². The van der Waals surface area contributed by atoms with E-state index in [-0.39, 0.29) is 35.4 Å². The number of hydrogen-bond acceptors (Lipinski definition) is 6. The van der Waals surface area contributed by atoms with E-state index >= 15 is 0 Å². The summed E-state index contributed by atoms with van der Waals surface area (Å²) in [6.45, 7) is 3.08. The van der Waals surface area contributed by atoms with Crippen LogP contribution in [0.1, 0.15) is 52.4 Å². The maximum absolute atomic E-state index is 12.4. The molecule has 0 bridgehead atoms. The van der Waals surface area contributed by atoms with E-state index in [9.17, 15) is 30.0 Å². The number of aliphatic hydroxyl groups is 4. The van der Waals surface area contributed by atoms with Gasteiger partial charge in [-0.15, -0.1) is 0 Å². The molecule has 8 atom stereocenters. The van der Waals surface area contributed by atoms with E-state index in [1.54, 1.807) is 13.0 Å². The summed E-state index contributed by atoms with van der Waals surface area (Å²) in [5, 5.41) is 42.4. The molecule has 4 rings (SSSR count). The van der Waals surface area contributed by atoms with Crippen molar-refractivity contribution in [3.8, 4) is 0 Å². The first-order valence-corrected chi connectivity index (χ1v) is 10.1. The van der Waals surface area contributed by atoms with Crippen LogP contribution in [-0.2, 0) is 9.59 Å². The Labute approximate surface area is 159 Å². The molecule has 0 aromatic rings. The SMILES string of the molecule is C[C@]12CCC(=O)C=C1CC[C@@H]1[C@@H]2[C@@H](O)C[C@@]2(C)[C@H]1C[C@@H](O)[C@]2(O)C(=O)CO. The van der Waals surface area contributed by atoms with Crippen molar-refractivity contribution in [2.75, 3.05) is 6.61 Å². The highest BCUT2D eigenvalue weighted by atomic mass is 16.4. The van der Waals surface area contributed by atoms with Crippen LogP contribution in [0, 0.1) is 28.6 Å². The summed E-state index contributed by atoms with van der Waals surface area (Å²) in [6.07, 6.45) is 3.01. The molecule has 3 fully saturated rings. The van der Waals surface area contributed by atoms with Crippen molar-refractivity contribution in [2.45, 2.75) is 70.2 Å². The maximum atomic E-state index is 12.4. The number of allylic oxidation sites excluding steroid dienone is 1. The van der Waals surface area contributed by atoms with Gasteiger partial charge < -0.3 is 20.4 Å². The lowest BCUT2D eigenvalue weighted by atomic mass is 9.45. The van der Waals surface area contributed by atoms with E-state index in [1.165, 1.54) is 0 Å². The van der Waals surface area contributed by atoms with Crippen molar-refractivity contribution in [3.63, 3.8) is 0 Å². The molecule has 0 aliphatic heterocycles. The maximum Gasteiger partial charge on any atom is 0.192 e. The van der Waals surface area contributed by atoms with Gasteiger partial charge in [0.05, 0.1) is 12.2 Å². The smallest absolute Gasteiger partial charge is 0.192 e.